The molecular weight excluding hydrogens is 314 g/mol. The number of benzene rings is 2. The van der Waals surface area contributed by atoms with Crippen molar-refractivity contribution in [2.24, 2.45) is 0 Å². The number of hydrogen-bond donors (Lipinski definition) is 1. The Morgan fingerprint density at radius 2 is 1.84 bits per heavy atom. The number of anilines is 1. The first kappa shape index (κ1) is 16.8. The second-order valence-electron chi connectivity index (χ2n) is 5.70. The number of hydrogen-bond acceptors (Lipinski definition) is 3. The lowest BCUT2D eigenvalue weighted by Crippen LogP contribution is -2.17. The SMILES string of the molecule is CCOc1ccccc1C(=O)Nc1cc(C)nn1Cc1ccccc1. The summed E-state index contributed by atoms with van der Waals surface area (Å²) in [7, 11) is 0. The van der Waals surface area contributed by atoms with Gasteiger partial charge in [0.2, 0.25) is 0 Å². The summed E-state index contributed by atoms with van der Waals surface area (Å²) in [6.45, 7) is 4.91. The van der Waals surface area contributed by atoms with Gasteiger partial charge in [-0.05, 0) is 31.5 Å². The molecule has 25 heavy (non-hydrogen) atoms. The lowest BCUT2D eigenvalue weighted by Gasteiger charge is -2.12. The Hall–Kier alpha value is -3.08. The molecule has 1 heterocycles. The largest absolute Gasteiger partial charge is 0.493 e. The molecule has 0 radical (unpaired) electrons. The van der Waals surface area contributed by atoms with E-state index in [1.165, 1.54) is 0 Å². The first-order valence-corrected chi connectivity index (χ1v) is 8.29. The molecule has 0 atom stereocenters. The van der Waals surface area contributed by atoms with Crippen LogP contribution >= 0.6 is 0 Å². The van der Waals surface area contributed by atoms with Crippen LogP contribution in [0.5, 0.6) is 5.75 Å². The maximum absolute atomic E-state index is 12.7. The molecule has 1 aromatic heterocycles. The van der Waals surface area contributed by atoms with Gasteiger partial charge in [-0.2, -0.15) is 5.10 Å². The molecule has 0 aliphatic heterocycles. The minimum atomic E-state index is -0.210. The molecule has 3 rings (SSSR count). The number of aromatic nitrogens is 2. The predicted octanol–water partition coefficient (Wildman–Crippen LogP) is 3.89. The highest BCUT2D eigenvalue weighted by Crippen LogP contribution is 2.20. The van der Waals surface area contributed by atoms with E-state index in [0.29, 0.717) is 30.3 Å². The fourth-order valence-corrected chi connectivity index (χ4v) is 2.64. The van der Waals surface area contributed by atoms with Crippen molar-refractivity contribution in [2.45, 2.75) is 20.4 Å². The molecule has 0 bridgehead atoms. The predicted molar refractivity (Wildman–Crippen MR) is 98.1 cm³/mol. The molecule has 5 heteroatoms. The van der Waals surface area contributed by atoms with Crippen LogP contribution in [-0.4, -0.2) is 22.3 Å². The maximum atomic E-state index is 12.7. The van der Waals surface area contributed by atoms with E-state index in [1.54, 1.807) is 16.8 Å². The molecule has 0 spiro atoms. The van der Waals surface area contributed by atoms with Crippen molar-refractivity contribution in [1.82, 2.24) is 9.78 Å². The number of para-hydroxylation sites is 1. The highest BCUT2D eigenvalue weighted by molar-refractivity contribution is 6.05. The van der Waals surface area contributed by atoms with Crippen molar-refractivity contribution in [1.29, 1.82) is 0 Å². The summed E-state index contributed by atoms with van der Waals surface area (Å²) in [5.41, 5.74) is 2.48. The van der Waals surface area contributed by atoms with Crippen LogP contribution < -0.4 is 10.1 Å². The first-order valence-electron chi connectivity index (χ1n) is 8.29. The molecular formula is C20H21N3O2. The van der Waals surface area contributed by atoms with Crippen molar-refractivity contribution in [3.05, 3.63) is 77.5 Å². The smallest absolute Gasteiger partial charge is 0.260 e. The second kappa shape index (κ2) is 7.66. The average Bonchev–Trinajstić information content (AvgIpc) is 2.95. The summed E-state index contributed by atoms with van der Waals surface area (Å²) >= 11 is 0. The van der Waals surface area contributed by atoms with Gasteiger partial charge in [-0.25, -0.2) is 4.68 Å². The van der Waals surface area contributed by atoms with Crippen LogP contribution in [0.15, 0.2) is 60.7 Å². The minimum Gasteiger partial charge on any atom is -0.493 e. The number of nitrogens with zero attached hydrogens (tertiary/aromatic N) is 2. The molecule has 1 N–H and O–H groups in total. The summed E-state index contributed by atoms with van der Waals surface area (Å²) < 4.78 is 7.34. The van der Waals surface area contributed by atoms with Gasteiger partial charge in [0.15, 0.2) is 0 Å². The van der Waals surface area contributed by atoms with E-state index in [4.69, 9.17) is 4.74 Å². The molecule has 1 amide bonds. The van der Waals surface area contributed by atoms with Gasteiger partial charge < -0.3 is 10.1 Å². The van der Waals surface area contributed by atoms with Crippen LogP contribution in [0.25, 0.3) is 0 Å². The summed E-state index contributed by atoms with van der Waals surface area (Å²) in [6, 6.07) is 19.1. The molecule has 0 saturated heterocycles. The summed E-state index contributed by atoms with van der Waals surface area (Å²) in [5.74, 6) is 1.03. The van der Waals surface area contributed by atoms with Crippen molar-refractivity contribution in [3.63, 3.8) is 0 Å². The molecule has 5 nitrogen and oxygen atoms in total. The number of aryl methyl sites for hydroxylation is 1. The van der Waals surface area contributed by atoms with Crippen LogP contribution in [0.2, 0.25) is 0 Å². The van der Waals surface area contributed by atoms with Crippen LogP contribution in [0.1, 0.15) is 28.5 Å². The quantitative estimate of drug-likeness (QED) is 0.743. The van der Waals surface area contributed by atoms with E-state index >= 15 is 0 Å². The number of nitrogens with one attached hydrogen (secondary N) is 1. The number of carbonyl (C=O) groups is 1. The van der Waals surface area contributed by atoms with E-state index in [-0.39, 0.29) is 5.91 Å². The topological polar surface area (TPSA) is 56.1 Å². The van der Waals surface area contributed by atoms with E-state index in [9.17, 15) is 4.79 Å². The fraction of sp³-hybridized carbons (Fsp3) is 0.200. The Morgan fingerprint density at radius 1 is 1.12 bits per heavy atom. The Morgan fingerprint density at radius 3 is 2.60 bits per heavy atom. The molecule has 0 saturated carbocycles. The molecule has 0 unspecified atom stereocenters. The van der Waals surface area contributed by atoms with Gasteiger partial charge in [0.05, 0.1) is 24.4 Å². The second-order valence-corrected chi connectivity index (χ2v) is 5.70. The molecule has 3 aromatic rings. The minimum absolute atomic E-state index is 0.210. The van der Waals surface area contributed by atoms with E-state index in [0.717, 1.165) is 11.3 Å². The number of ether oxygens (including phenoxy) is 1. The number of carbonyl (C=O) groups excluding carboxylic acids is 1. The highest BCUT2D eigenvalue weighted by atomic mass is 16.5. The average molecular weight is 335 g/mol. The van der Waals surface area contributed by atoms with Crippen LogP contribution in [0.3, 0.4) is 0 Å². The van der Waals surface area contributed by atoms with Gasteiger partial charge >= 0.3 is 0 Å². The van der Waals surface area contributed by atoms with Crippen LogP contribution in [-0.2, 0) is 6.54 Å². The van der Waals surface area contributed by atoms with E-state index in [2.05, 4.69) is 10.4 Å². The van der Waals surface area contributed by atoms with Crippen LogP contribution in [0, 0.1) is 6.92 Å². The van der Waals surface area contributed by atoms with Crippen LogP contribution in [0.4, 0.5) is 5.82 Å². The van der Waals surface area contributed by atoms with Crippen molar-refractivity contribution in [3.8, 4) is 5.75 Å². The zero-order valence-electron chi connectivity index (χ0n) is 14.4. The Kier molecular flexibility index (Phi) is 5.14. The first-order chi connectivity index (χ1) is 12.2. The van der Waals surface area contributed by atoms with Crippen molar-refractivity contribution in [2.75, 3.05) is 11.9 Å². The standard InChI is InChI=1S/C20H21N3O2/c1-3-25-18-12-8-7-11-17(18)20(24)21-19-13-15(2)22-23(19)14-16-9-5-4-6-10-16/h4-13H,3,14H2,1-2H3,(H,21,24). The third kappa shape index (κ3) is 4.07. The van der Waals surface area contributed by atoms with Gasteiger partial charge in [0.1, 0.15) is 11.6 Å². The third-order valence-corrected chi connectivity index (χ3v) is 3.75. The molecule has 2 aromatic carbocycles. The summed E-state index contributed by atoms with van der Waals surface area (Å²) in [4.78, 5) is 12.7. The van der Waals surface area contributed by atoms with Crippen molar-refractivity contribution >= 4 is 11.7 Å². The normalized spacial score (nSPS) is 10.5. The van der Waals surface area contributed by atoms with Crippen molar-refractivity contribution < 1.29 is 9.53 Å². The zero-order chi connectivity index (χ0) is 17.6. The fourth-order valence-electron chi connectivity index (χ4n) is 2.64. The number of amides is 1. The van der Waals surface area contributed by atoms with E-state index in [1.807, 2.05) is 62.4 Å². The summed E-state index contributed by atoms with van der Waals surface area (Å²) in [6.07, 6.45) is 0. The maximum Gasteiger partial charge on any atom is 0.260 e. The molecule has 0 aliphatic rings. The molecule has 0 fully saturated rings. The Balaban J connectivity index is 1.82. The summed E-state index contributed by atoms with van der Waals surface area (Å²) in [5, 5.41) is 7.43. The van der Waals surface area contributed by atoms with E-state index < -0.39 is 0 Å². The number of rotatable bonds is 6. The lowest BCUT2D eigenvalue weighted by atomic mass is 10.2. The zero-order valence-corrected chi connectivity index (χ0v) is 14.4. The lowest BCUT2D eigenvalue weighted by molar-refractivity contribution is 0.102. The third-order valence-electron chi connectivity index (χ3n) is 3.75. The highest BCUT2D eigenvalue weighted by Gasteiger charge is 2.15. The van der Waals surface area contributed by atoms with Gasteiger partial charge in [-0.1, -0.05) is 42.5 Å². The molecule has 128 valence electrons. The van der Waals surface area contributed by atoms with Gasteiger partial charge in [0, 0.05) is 6.07 Å². The Labute approximate surface area is 147 Å². The monoisotopic (exact) mass is 335 g/mol. The molecule has 0 aliphatic carbocycles. The van der Waals surface area contributed by atoms with Gasteiger partial charge in [-0.15, -0.1) is 0 Å². The Bertz CT molecular complexity index is 856. The van der Waals surface area contributed by atoms with Gasteiger partial charge in [0.25, 0.3) is 5.91 Å². The van der Waals surface area contributed by atoms with Gasteiger partial charge in [-0.3, -0.25) is 4.79 Å².